The number of nitrogens with one attached hydrogen (secondary N) is 3. The van der Waals surface area contributed by atoms with Crippen LogP contribution in [0.15, 0.2) is 0 Å². The number of hydrogen-bond acceptors (Lipinski definition) is 4. The quantitative estimate of drug-likeness (QED) is 0.620. The summed E-state index contributed by atoms with van der Waals surface area (Å²) in [5.41, 5.74) is 0. The molecule has 0 bridgehead atoms. The fraction of sp³-hybridized carbons (Fsp3) is 1.00. The van der Waals surface area contributed by atoms with Crippen molar-refractivity contribution in [3.8, 4) is 0 Å². The highest BCUT2D eigenvalue weighted by molar-refractivity contribution is 5.01. The number of rotatable bonds is 4. The summed E-state index contributed by atoms with van der Waals surface area (Å²) in [6.45, 7) is 5.81. The lowest BCUT2D eigenvalue weighted by Gasteiger charge is -2.49. The third-order valence-electron chi connectivity index (χ3n) is 8.03. The van der Waals surface area contributed by atoms with Crippen molar-refractivity contribution >= 4 is 0 Å². The Morgan fingerprint density at radius 3 is 2.58 bits per heavy atom. The van der Waals surface area contributed by atoms with Crippen LogP contribution in [0.1, 0.15) is 71.1 Å². The van der Waals surface area contributed by atoms with Gasteiger partial charge in [-0.3, -0.25) is 0 Å². The molecule has 4 nitrogen and oxygen atoms in total. The van der Waals surface area contributed by atoms with E-state index in [0.717, 1.165) is 31.5 Å². The van der Waals surface area contributed by atoms with Crippen molar-refractivity contribution < 1.29 is 5.11 Å². The maximum atomic E-state index is 11.3. The van der Waals surface area contributed by atoms with E-state index >= 15 is 0 Å². The second kappa shape index (κ2) is 8.89. The smallest absolute Gasteiger partial charge is 0.0738 e. The van der Waals surface area contributed by atoms with Crippen molar-refractivity contribution in [1.82, 2.24) is 16.0 Å². The van der Waals surface area contributed by atoms with Crippen LogP contribution in [0.2, 0.25) is 0 Å². The summed E-state index contributed by atoms with van der Waals surface area (Å²) in [7, 11) is 0. The van der Waals surface area contributed by atoms with Crippen LogP contribution in [-0.4, -0.2) is 49.0 Å². The molecule has 4 N–H and O–H groups in total. The Morgan fingerprint density at radius 2 is 1.77 bits per heavy atom. The standard InChI is InChI=1S/C22H41N3O/c1-15-4-2-6-18(14-15)25-20(17-9-12-23-13-10-17)19-8-7-16-5-3-11-24-21(16)22(19)26/h15-26H,2-14H2,1H3. The van der Waals surface area contributed by atoms with E-state index in [9.17, 15) is 5.11 Å². The minimum Gasteiger partial charge on any atom is -0.391 e. The zero-order valence-corrected chi connectivity index (χ0v) is 16.8. The number of fused-ring (bicyclic) bond motifs is 1. The molecule has 26 heavy (non-hydrogen) atoms. The highest BCUT2D eigenvalue weighted by Crippen LogP contribution is 2.39. The van der Waals surface area contributed by atoms with Gasteiger partial charge in [0.1, 0.15) is 0 Å². The van der Waals surface area contributed by atoms with Crippen molar-refractivity contribution in [3.05, 3.63) is 0 Å². The Morgan fingerprint density at radius 1 is 0.923 bits per heavy atom. The summed E-state index contributed by atoms with van der Waals surface area (Å²) < 4.78 is 0. The van der Waals surface area contributed by atoms with Gasteiger partial charge >= 0.3 is 0 Å². The molecule has 0 aromatic rings. The van der Waals surface area contributed by atoms with Gasteiger partial charge in [-0.1, -0.05) is 19.8 Å². The number of aliphatic hydroxyl groups excluding tert-OH is 1. The Labute approximate surface area is 160 Å². The van der Waals surface area contributed by atoms with Gasteiger partial charge in [0.2, 0.25) is 0 Å². The molecule has 4 aliphatic rings. The highest BCUT2D eigenvalue weighted by Gasteiger charge is 2.45. The van der Waals surface area contributed by atoms with Crippen molar-refractivity contribution in [1.29, 1.82) is 0 Å². The fourth-order valence-electron chi connectivity index (χ4n) is 6.61. The predicted molar refractivity (Wildman–Crippen MR) is 107 cm³/mol. The topological polar surface area (TPSA) is 56.3 Å². The third-order valence-corrected chi connectivity index (χ3v) is 8.03. The van der Waals surface area contributed by atoms with Crippen LogP contribution in [0.25, 0.3) is 0 Å². The molecule has 2 aliphatic heterocycles. The summed E-state index contributed by atoms with van der Waals surface area (Å²) in [5.74, 6) is 2.73. The van der Waals surface area contributed by atoms with Gasteiger partial charge in [0.15, 0.2) is 0 Å². The first-order valence-electron chi connectivity index (χ1n) is 11.6. The first kappa shape index (κ1) is 19.2. The Bertz CT molecular complexity index is 439. The van der Waals surface area contributed by atoms with Gasteiger partial charge in [-0.15, -0.1) is 0 Å². The van der Waals surface area contributed by atoms with E-state index in [0.29, 0.717) is 30.0 Å². The summed E-state index contributed by atoms with van der Waals surface area (Å²) in [4.78, 5) is 0. The highest BCUT2D eigenvalue weighted by atomic mass is 16.3. The SMILES string of the molecule is CC1CCCC(NC(C2CCNCC2)C2CCC3CCCNC3C2O)C1. The van der Waals surface area contributed by atoms with E-state index in [-0.39, 0.29) is 6.10 Å². The lowest BCUT2D eigenvalue weighted by Crippen LogP contribution is -2.61. The average Bonchev–Trinajstić information content (AvgIpc) is 2.68. The summed E-state index contributed by atoms with van der Waals surface area (Å²) in [5, 5.41) is 22.7. The Balaban J connectivity index is 1.47. The lowest BCUT2D eigenvalue weighted by atomic mass is 9.67. The molecule has 0 radical (unpaired) electrons. The molecule has 7 unspecified atom stereocenters. The van der Waals surface area contributed by atoms with Crippen LogP contribution in [-0.2, 0) is 0 Å². The van der Waals surface area contributed by atoms with Gasteiger partial charge in [0.25, 0.3) is 0 Å². The molecule has 150 valence electrons. The van der Waals surface area contributed by atoms with Gasteiger partial charge in [-0.05, 0) is 88.8 Å². The minimum atomic E-state index is -0.164. The van der Waals surface area contributed by atoms with Crippen molar-refractivity contribution in [2.24, 2.45) is 23.7 Å². The number of piperidine rings is 2. The predicted octanol–water partition coefficient (Wildman–Crippen LogP) is 2.66. The molecule has 4 rings (SSSR count). The van der Waals surface area contributed by atoms with Gasteiger partial charge in [-0.2, -0.15) is 0 Å². The number of aliphatic hydroxyl groups is 1. The summed E-state index contributed by atoms with van der Waals surface area (Å²) >= 11 is 0. The molecule has 4 fully saturated rings. The molecule has 0 amide bonds. The molecule has 7 atom stereocenters. The fourth-order valence-corrected chi connectivity index (χ4v) is 6.61. The van der Waals surface area contributed by atoms with E-state index in [1.54, 1.807) is 0 Å². The molecular weight excluding hydrogens is 322 g/mol. The minimum absolute atomic E-state index is 0.164. The zero-order valence-electron chi connectivity index (χ0n) is 16.8. The van der Waals surface area contributed by atoms with Crippen LogP contribution < -0.4 is 16.0 Å². The van der Waals surface area contributed by atoms with Crippen LogP contribution in [0, 0.1) is 23.7 Å². The first-order chi connectivity index (χ1) is 12.7. The summed E-state index contributed by atoms with van der Waals surface area (Å²) in [6.07, 6.45) is 12.9. The Kier molecular flexibility index (Phi) is 6.56. The second-order valence-corrected chi connectivity index (χ2v) is 9.86. The zero-order chi connectivity index (χ0) is 17.9. The molecule has 2 aliphatic carbocycles. The maximum Gasteiger partial charge on any atom is 0.0738 e. The number of hydrogen-bond donors (Lipinski definition) is 4. The van der Waals surface area contributed by atoms with Crippen molar-refractivity contribution in [2.75, 3.05) is 19.6 Å². The molecular formula is C22H41N3O. The van der Waals surface area contributed by atoms with Crippen molar-refractivity contribution in [2.45, 2.75) is 95.4 Å². The first-order valence-corrected chi connectivity index (χ1v) is 11.6. The summed E-state index contributed by atoms with van der Waals surface area (Å²) in [6, 6.07) is 1.52. The van der Waals surface area contributed by atoms with E-state index in [2.05, 4.69) is 22.9 Å². The van der Waals surface area contributed by atoms with E-state index in [4.69, 9.17) is 0 Å². The molecule has 0 aromatic heterocycles. The monoisotopic (exact) mass is 363 g/mol. The van der Waals surface area contributed by atoms with Gasteiger partial charge < -0.3 is 21.1 Å². The van der Waals surface area contributed by atoms with Crippen LogP contribution in [0.4, 0.5) is 0 Å². The van der Waals surface area contributed by atoms with Gasteiger partial charge in [-0.25, -0.2) is 0 Å². The second-order valence-electron chi connectivity index (χ2n) is 9.86. The van der Waals surface area contributed by atoms with Crippen LogP contribution >= 0.6 is 0 Å². The third kappa shape index (κ3) is 4.29. The molecule has 2 heterocycles. The van der Waals surface area contributed by atoms with Crippen LogP contribution in [0.5, 0.6) is 0 Å². The molecule has 0 spiro atoms. The average molecular weight is 364 g/mol. The Hall–Kier alpha value is -0.160. The van der Waals surface area contributed by atoms with Gasteiger partial charge in [0, 0.05) is 24.0 Å². The van der Waals surface area contributed by atoms with E-state index in [1.165, 1.54) is 64.2 Å². The molecule has 2 saturated carbocycles. The lowest BCUT2D eigenvalue weighted by molar-refractivity contribution is -0.0314. The maximum absolute atomic E-state index is 11.3. The van der Waals surface area contributed by atoms with Crippen molar-refractivity contribution in [3.63, 3.8) is 0 Å². The van der Waals surface area contributed by atoms with Crippen LogP contribution in [0.3, 0.4) is 0 Å². The van der Waals surface area contributed by atoms with E-state index in [1.807, 2.05) is 0 Å². The normalized spacial score (nSPS) is 43.6. The van der Waals surface area contributed by atoms with E-state index < -0.39 is 0 Å². The van der Waals surface area contributed by atoms with Gasteiger partial charge in [0.05, 0.1) is 6.10 Å². The molecule has 0 aromatic carbocycles. The molecule has 2 saturated heterocycles. The largest absolute Gasteiger partial charge is 0.391 e. The molecule has 4 heteroatoms.